The van der Waals surface area contributed by atoms with Crippen LogP contribution >= 0.6 is 0 Å². The van der Waals surface area contributed by atoms with Crippen molar-refractivity contribution in [2.24, 2.45) is 5.73 Å². The quantitative estimate of drug-likeness (QED) is 0.0814. The van der Waals surface area contributed by atoms with E-state index >= 15 is 0 Å². The fraction of sp³-hybridized carbons (Fsp3) is 1.00. The lowest BCUT2D eigenvalue weighted by atomic mass is 10.00. The van der Waals surface area contributed by atoms with E-state index in [0.717, 1.165) is 0 Å². The van der Waals surface area contributed by atoms with Crippen LogP contribution in [0.4, 0.5) is 0 Å². The zero-order valence-corrected chi connectivity index (χ0v) is 27.2. The average Bonchev–Trinajstić information content (AvgIpc) is 2.92. The zero-order valence-electron chi connectivity index (χ0n) is 27.2. The third kappa shape index (κ3) is 34.0. The van der Waals surface area contributed by atoms with Crippen molar-refractivity contribution in [1.82, 2.24) is 0 Å². The molecule has 0 aliphatic heterocycles. The van der Waals surface area contributed by atoms with Crippen LogP contribution in [0.25, 0.3) is 0 Å². The fourth-order valence-corrected chi connectivity index (χ4v) is 6.05. The summed E-state index contributed by atoms with van der Waals surface area (Å²) in [6.45, 7) is 4.61. The van der Waals surface area contributed by atoms with Gasteiger partial charge in [-0.15, -0.1) is 0 Å². The molecule has 38 heavy (non-hydrogen) atoms. The highest BCUT2D eigenvalue weighted by molar-refractivity contribution is 4.62. The minimum absolute atomic E-state index is 0.466. The maximum absolute atomic E-state index is 6.39. The van der Waals surface area contributed by atoms with Crippen LogP contribution in [0.2, 0.25) is 0 Å². The van der Waals surface area contributed by atoms with Gasteiger partial charge < -0.3 is 5.73 Å². The minimum atomic E-state index is 0.466. The van der Waals surface area contributed by atoms with Crippen molar-refractivity contribution in [3.8, 4) is 0 Å². The monoisotopic (exact) mass is 536 g/mol. The summed E-state index contributed by atoms with van der Waals surface area (Å²) in [5.41, 5.74) is 6.39. The van der Waals surface area contributed by atoms with Crippen LogP contribution in [0, 0.1) is 0 Å². The molecule has 0 aliphatic carbocycles. The third-order valence-electron chi connectivity index (χ3n) is 8.86. The number of unbranched alkanes of at least 4 members (excludes halogenated alkanes) is 30. The Morgan fingerprint density at radius 1 is 0.263 bits per heavy atom. The van der Waals surface area contributed by atoms with Gasteiger partial charge in [0.15, 0.2) is 0 Å². The second kappa shape index (κ2) is 35.0. The molecule has 0 aromatic heterocycles. The molecule has 0 spiro atoms. The number of hydrogen-bond acceptors (Lipinski definition) is 1. The fourth-order valence-electron chi connectivity index (χ4n) is 6.05. The van der Waals surface area contributed by atoms with Crippen LogP contribution in [0.1, 0.15) is 232 Å². The van der Waals surface area contributed by atoms with E-state index in [1.54, 1.807) is 0 Å². The van der Waals surface area contributed by atoms with Gasteiger partial charge >= 0.3 is 0 Å². The Bertz CT molecular complexity index is 392. The maximum Gasteiger partial charge on any atom is 0.00388 e. The lowest BCUT2D eigenvalue weighted by Gasteiger charge is -2.11. The molecular weight excluding hydrogens is 458 g/mol. The number of nitrogens with two attached hydrogens (primary N) is 1. The van der Waals surface area contributed by atoms with Crippen molar-refractivity contribution in [3.63, 3.8) is 0 Å². The molecule has 0 heterocycles. The van der Waals surface area contributed by atoms with Gasteiger partial charge in [-0.2, -0.15) is 0 Å². The van der Waals surface area contributed by atoms with Gasteiger partial charge in [0.05, 0.1) is 0 Å². The van der Waals surface area contributed by atoms with Crippen molar-refractivity contribution < 1.29 is 0 Å². The molecule has 230 valence electrons. The van der Waals surface area contributed by atoms with Gasteiger partial charge in [0, 0.05) is 6.04 Å². The summed E-state index contributed by atoms with van der Waals surface area (Å²) in [6, 6.07) is 0.466. The molecule has 0 radical (unpaired) electrons. The van der Waals surface area contributed by atoms with E-state index in [2.05, 4.69) is 13.8 Å². The van der Waals surface area contributed by atoms with Crippen LogP contribution in [0.5, 0.6) is 0 Å². The van der Waals surface area contributed by atoms with E-state index in [-0.39, 0.29) is 0 Å². The molecule has 0 aromatic carbocycles. The summed E-state index contributed by atoms with van der Waals surface area (Å²) in [5.74, 6) is 0. The standard InChI is InChI=1S/C37H77N/c1-3-5-7-9-11-13-15-17-19-20-21-22-24-26-28-30-32-34-36-37(38)35-33-31-29-27-25-23-18-16-14-12-10-8-6-4-2/h37H,3-36,38H2,1-2H3. The maximum atomic E-state index is 6.39. The summed E-state index contributed by atoms with van der Waals surface area (Å²) in [6.07, 6.45) is 48.9. The van der Waals surface area contributed by atoms with Gasteiger partial charge in [0.1, 0.15) is 0 Å². The molecule has 1 atom stereocenters. The van der Waals surface area contributed by atoms with Crippen molar-refractivity contribution in [3.05, 3.63) is 0 Å². The molecule has 2 N–H and O–H groups in total. The lowest BCUT2D eigenvalue weighted by Crippen LogP contribution is -2.19. The lowest BCUT2D eigenvalue weighted by molar-refractivity contribution is 0.477. The normalized spacial score (nSPS) is 12.4. The first-order valence-electron chi connectivity index (χ1n) is 18.6. The molecule has 1 unspecified atom stereocenters. The highest BCUT2D eigenvalue weighted by Gasteiger charge is 2.03. The highest BCUT2D eigenvalue weighted by atomic mass is 14.6. The molecule has 1 nitrogen and oxygen atoms in total. The molecule has 0 bridgehead atoms. The van der Waals surface area contributed by atoms with E-state index in [0.29, 0.717) is 6.04 Å². The van der Waals surface area contributed by atoms with Gasteiger partial charge in [-0.1, -0.05) is 219 Å². The van der Waals surface area contributed by atoms with E-state index in [4.69, 9.17) is 5.73 Å². The van der Waals surface area contributed by atoms with Crippen molar-refractivity contribution in [1.29, 1.82) is 0 Å². The SMILES string of the molecule is CCCCCCCCCCCCCCCCCCCCC(N)CCCCCCCCCCCCCCCC. The predicted molar refractivity (Wildman–Crippen MR) is 176 cm³/mol. The van der Waals surface area contributed by atoms with Gasteiger partial charge in [-0.3, -0.25) is 0 Å². The summed E-state index contributed by atoms with van der Waals surface area (Å²) in [4.78, 5) is 0. The molecule has 0 rings (SSSR count). The Morgan fingerprint density at radius 2 is 0.421 bits per heavy atom. The zero-order chi connectivity index (χ0) is 27.6. The Kier molecular flexibility index (Phi) is 35.0. The largest absolute Gasteiger partial charge is 0.328 e. The Labute approximate surface area is 243 Å². The van der Waals surface area contributed by atoms with Crippen LogP contribution in [0.15, 0.2) is 0 Å². The van der Waals surface area contributed by atoms with Crippen molar-refractivity contribution in [2.45, 2.75) is 238 Å². The Hall–Kier alpha value is -0.0400. The summed E-state index contributed by atoms with van der Waals surface area (Å²) < 4.78 is 0. The molecule has 0 fully saturated rings. The average molecular weight is 536 g/mol. The summed E-state index contributed by atoms with van der Waals surface area (Å²) >= 11 is 0. The summed E-state index contributed by atoms with van der Waals surface area (Å²) in [5, 5.41) is 0. The second-order valence-electron chi connectivity index (χ2n) is 12.9. The highest BCUT2D eigenvalue weighted by Crippen LogP contribution is 2.17. The minimum Gasteiger partial charge on any atom is -0.328 e. The van der Waals surface area contributed by atoms with Crippen LogP contribution < -0.4 is 5.73 Å². The van der Waals surface area contributed by atoms with Crippen LogP contribution in [0.3, 0.4) is 0 Å². The smallest absolute Gasteiger partial charge is 0.00388 e. The Morgan fingerprint density at radius 3 is 0.605 bits per heavy atom. The summed E-state index contributed by atoms with van der Waals surface area (Å²) in [7, 11) is 0. The number of hydrogen-bond donors (Lipinski definition) is 1. The van der Waals surface area contributed by atoms with E-state index in [1.807, 2.05) is 0 Å². The molecule has 0 amide bonds. The van der Waals surface area contributed by atoms with Gasteiger partial charge in [0.25, 0.3) is 0 Å². The van der Waals surface area contributed by atoms with E-state index in [1.165, 1.54) is 218 Å². The first kappa shape index (κ1) is 38.0. The first-order valence-corrected chi connectivity index (χ1v) is 18.6. The van der Waals surface area contributed by atoms with Crippen molar-refractivity contribution in [2.75, 3.05) is 0 Å². The molecule has 0 saturated carbocycles. The predicted octanol–water partition coefficient (Wildman–Crippen LogP) is 13.6. The topological polar surface area (TPSA) is 26.0 Å². The molecule has 0 aromatic rings. The number of rotatable bonds is 34. The molecular formula is C37H77N. The first-order chi connectivity index (χ1) is 18.8. The van der Waals surface area contributed by atoms with Gasteiger partial charge in [-0.05, 0) is 12.8 Å². The molecule has 0 aliphatic rings. The van der Waals surface area contributed by atoms with Gasteiger partial charge in [-0.25, -0.2) is 0 Å². The van der Waals surface area contributed by atoms with Crippen molar-refractivity contribution >= 4 is 0 Å². The second-order valence-corrected chi connectivity index (χ2v) is 12.9. The van der Waals surface area contributed by atoms with E-state index < -0.39 is 0 Å². The Balaban J connectivity index is 3.13. The van der Waals surface area contributed by atoms with Gasteiger partial charge in [0.2, 0.25) is 0 Å². The van der Waals surface area contributed by atoms with E-state index in [9.17, 15) is 0 Å². The van der Waals surface area contributed by atoms with Crippen LogP contribution in [-0.2, 0) is 0 Å². The third-order valence-corrected chi connectivity index (χ3v) is 8.86. The van der Waals surface area contributed by atoms with Crippen LogP contribution in [-0.4, -0.2) is 6.04 Å². The molecule has 1 heteroatoms. The molecule has 0 saturated heterocycles.